The van der Waals surface area contributed by atoms with Crippen molar-refractivity contribution in [1.29, 1.82) is 0 Å². The number of nitrogens with zero attached hydrogens (tertiary/aromatic N) is 2. The molecule has 1 N–H and O–H groups in total. The first kappa shape index (κ1) is 28.9. The average Bonchev–Trinajstić information content (AvgIpc) is 2.87. The Balaban J connectivity index is 2.01. The normalized spacial score (nSPS) is 12.0. The second kappa shape index (κ2) is 12.7. The van der Waals surface area contributed by atoms with Crippen LogP contribution in [-0.2, 0) is 26.2 Å². The number of hydrogen-bond donors (Lipinski definition) is 1. The molecule has 0 saturated heterocycles. The molecule has 0 radical (unpaired) electrons. The van der Waals surface area contributed by atoms with Crippen LogP contribution < -0.4 is 9.62 Å². The van der Waals surface area contributed by atoms with E-state index in [1.165, 1.54) is 17.0 Å². The Morgan fingerprint density at radius 3 is 1.97 bits per heavy atom. The maximum Gasteiger partial charge on any atom is 0.264 e. The van der Waals surface area contributed by atoms with Crippen molar-refractivity contribution in [1.82, 2.24) is 10.2 Å². The lowest BCUT2D eigenvalue weighted by Crippen LogP contribution is -2.51. The van der Waals surface area contributed by atoms with Gasteiger partial charge in [0.1, 0.15) is 12.6 Å². The van der Waals surface area contributed by atoms with Gasteiger partial charge in [-0.25, -0.2) is 8.42 Å². The molecular weight excluding hydrogens is 622 g/mol. The Morgan fingerprint density at radius 1 is 0.892 bits per heavy atom. The van der Waals surface area contributed by atoms with Gasteiger partial charge in [-0.15, -0.1) is 0 Å². The SMILES string of the molecule is CCNC(=O)C(C)N(Cc1ccc(Br)cc1)C(=O)CN(c1ccc(Br)cc1)S(=O)(=O)c1ccc(C)cc1. The van der Waals surface area contributed by atoms with Crippen molar-refractivity contribution in [3.05, 3.63) is 92.9 Å². The van der Waals surface area contributed by atoms with E-state index in [2.05, 4.69) is 37.2 Å². The Kier molecular flexibility index (Phi) is 9.92. The molecule has 0 bridgehead atoms. The van der Waals surface area contributed by atoms with Crippen LogP contribution in [-0.4, -0.2) is 44.3 Å². The summed E-state index contributed by atoms with van der Waals surface area (Å²) in [4.78, 5) is 28.0. The fourth-order valence-electron chi connectivity index (χ4n) is 3.66. The summed E-state index contributed by atoms with van der Waals surface area (Å²) < 4.78 is 30.2. The molecule has 10 heteroatoms. The molecule has 0 saturated carbocycles. The number of halogens is 2. The number of likely N-dealkylation sites (N-methyl/N-ethyl adjacent to an activating group) is 1. The van der Waals surface area contributed by atoms with Gasteiger partial charge >= 0.3 is 0 Å². The summed E-state index contributed by atoms with van der Waals surface area (Å²) in [7, 11) is -4.08. The zero-order valence-corrected chi connectivity index (χ0v) is 24.8. The Bertz CT molecular complexity index is 1330. The number of benzene rings is 3. The molecule has 2 amide bonds. The van der Waals surface area contributed by atoms with Crippen molar-refractivity contribution >= 4 is 59.4 Å². The van der Waals surface area contributed by atoms with Crippen LogP contribution >= 0.6 is 31.9 Å². The summed E-state index contributed by atoms with van der Waals surface area (Å²) in [6.07, 6.45) is 0. The summed E-state index contributed by atoms with van der Waals surface area (Å²) >= 11 is 6.78. The number of hydrogen-bond acceptors (Lipinski definition) is 4. The van der Waals surface area contributed by atoms with Gasteiger partial charge in [0.25, 0.3) is 10.0 Å². The molecule has 7 nitrogen and oxygen atoms in total. The molecule has 37 heavy (non-hydrogen) atoms. The number of carbonyl (C=O) groups is 2. The highest BCUT2D eigenvalue weighted by Gasteiger charge is 2.32. The first-order valence-corrected chi connectivity index (χ1v) is 14.7. The lowest BCUT2D eigenvalue weighted by molar-refractivity contribution is -0.139. The molecule has 0 aromatic heterocycles. The number of sulfonamides is 1. The maximum absolute atomic E-state index is 13.8. The van der Waals surface area contributed by atoms with Crippen molar-refractivity contribution in [3.63, 3.8) is 0 Å². The van der Waals surface area contributed by atoms with Gasteiger partial charge in [0.2, 0.25) is 11.8 Å². The number of carbonyl (C=O) groups excluding carboxylic acids is 2. The molecule has 196 valence electrons. The summed E-state index contributed by atoms with van der Waals surface area (Å²) in [5.74, 6) is -0.815. The van der Waals surface area contributed by atoms with Gasteiger partial charge in [-0.1, -0.05) is 61.7 Å². The topological polar surface area (TPSA) is 86.8 Å². The molecule has 3 aromatic carbocycles. The number of nitrogens with one attached hydrogen (secondary N) is 1. The van der Waals surface area contributed by atoms with E-state index >= 15 is 0 Å². The van der Waals surface area contributed by atoms with E-state index in [0.29, 0.717) is 12.2 Å². The maximum atomic E-state index is 13.8. The van der Waals surface area contributed by atoms with Crippen molar-refractivity contribution in [2.45, 2.75) is 38.3 Å². The largest absolute Gasteiger partial charge is 0.355 e. The fourth-order valence-corrected chi connectivity index (χ4v) is 5.61. The molecule has 0 spiro atoms. The molecule has 3 rings (SSSR count). The van der Waals surface area contributed by atoms with Crippen molar-refractivity contribution in [2.75, 3.05) is 17.4 Å². The first-order chi connectivity index (χ1) is 17.5. The lowest BCUT2D eigenvalue weighted by Gasteiger charge is -2.32. The highest BCUT2D eigenvalue weighted by Crippen LogP contribution is 2.26. The van der Waals surface area contributed by atoms with E-state index < -0.39 is 28.5 Å². The van der Waals surface area contributed by atoms with Gasteiger partial charge in [-0.3, -0.25) is 13.9 Å². The van der Waals surface area contributed by atoms with Crippen molar-refractivity contribution in [2.24, 2.45) is 0 Å². The Labute approximate surface area is 235 Å². The van der Waals surface area contributed by atoms with Crippen molar-refractivity contribution < 1.29 is 18.0 Å². The van der Waals surface area contributed by atoms with E-state index in [4.69, 9.17) is 0 Å². The van der Waals surface area contributed by atoms with Gasteiger partial charge in [0.15, 0.2) is 0 Å². The Morgan fingerprint density at radius 2 is 1.43 bits per heavy atom. The highest BCUT2D eigenvalue weighted by atomic mass is 79.9. The van der Waals surface area contributed by atoms with Crippen LogP contribution in [0.3, 0.4) is 0 Å². The number of anilines is 1. The number of rotatable bonds is 10. The molecule has 3 aromatic rings. The quantitative estimate of drug-likeness (QED) is 0.324. The lowest BCUT2D eigenvalue weighted by atomic mass is 10.1. The standard InChI is InChI=1S/C27H29Br2N3O4S/c1-4-30-27(34)20(3)31(17-21-7-9-22(28)10-8-21)26(33)18-32(24-13-11-23(29)12-14-24)37(35,36)25-15-5-19(2)6-16-25/h5-16,20H,4,17-18H2,1-3H3,(H,30,34). The minimum atomic E-state index is -4.08. The zero-order valence-electron chi connectivity index (χ0n) is 20.8. The predicted molar refractivity (Wildman–Crippen MR) is 153 cm³/mol. The zero-order chi connectivity index (χ0) is 27.2. The third-order valence-corrected chi connectivity index (χ3v) is 8.63. The molecule has 1 atom stereocenters. The second-order valence-electron chi connectivity index (χ2n) is 8.52. The summed E-state index contributed by atoms with van der Waals surface area (Å²) in [6.45, 7) is 5.39. The van der Waals surface area contributed by atoms with Crippen molar-refractivity contribution in [3.8, 4) is 0 Å². The summed E-state index contributed by atoms with van der Waals surface area (Å²) in [6, 6.07) is 19.8. The fraction of sp³-hybridized carbons (Fsp3) is 0.259. The number of amides is 2. The van der Waals surface area contributed by atoms with Gasteiger partial charge in [-0.2, -0.15) is 0 Å². The molecule has 0 aliphatic rings. The van der Waals surface area contributed by atoms with Gasteiger partial charge in [0, 0.05) is 22.0 Å². The molecule has 0 aliphatic heterocycles. The Hall–Kier alpha value is -2.69. The van der Waals surface area contributed by atoms with Gasteiger partial charge in [0.05, 0.1) is 10.6 Å². The minimum Gasteiger partial charge on any atom is -0.355 e. The smallest absolute Gasteiger partial charge is 0.264 e. The monoisotopic (exact) mass is 649 g/mol. The van der Waals surface area contributed by atoms with Crippen LogP contribution in [0.2, 0.25) is 0 Å². The minimum absolute atomic E-state index is 0.0741. The second-order valence-corrected chi connectivity index (χ2v) is 12.2. The van der Waals surface area contributed by atoms with E-state index in [0.717, 1.165) is 24.4 Å². The molecule has 0 aliphatic carbocycles. The van der Waals surface area contributed by atoms with Crippen LogP contribution in [0.25, 0.3) is 0 Å². The third kappa shape index (κ3) is 7.43. The number of aryl methyl sites for hydroxylation is 1. The van der Waals surface area contributed by atoms with E-state index in [9.17, 15) is 18.0 Å². The van der Waals surface area contributed by atoms with Crippen LogP contribution in [0.5, 0.6) is 0 Å². The van der Waals surface area contributed by atoms with E-state index in [-0.39, 0.29) is 17.3 Å². The molecule has 0 heterocycles. The van der Waals surface area contributed by atoms with E-state index in [1.54, 1.807) is 50.2 Å². The summed E-state index contributed by atoms with van der Waals surface area (Å²) in [5, 5.41) is 2.75. The highest BCUT2D eigenvalue weighted by molar-refractivity contribution is 9.10. The first-order valence-electron chi connectivity index (χ1n) is 11.7. The molecule has 1 unspecified atom stereocenters. The van der Waals surface area contributed by atoms with E-state index in [1.807, 2.05) is 31.2 Å². The average molecular weight is 651 g/mol. The van der Waals surface area contributed by atoms with Crippen LogP contribution in [0, 0.1) is 6.92 Å². The van der Waals surface area contributed by atoms with Gasteiger partial charge in [-0.05, 0) is 74.9 Å². The molecular formula is C27H29Br2N3O4S. The predicted octanol–water partition coefficient (Wildman–Crippen LogP) is 5.27. The van der Waals surface area contributed by atoms with Crippen LogP contribution in [0.4, 0.5) is 5.69 Å². The molecule has 0 fully saturated rings. The van der Waals surface area contributed by atoms with Crippen LogP contribution in [0.1, 0.15) is 25.0 Å². The van der Waals surface area contributed by atoms with Crippen LogP contribution in [0.15, 0.2) is 86.6 Å². The third-order valence-electron chi connectivity index (χ3n) is 5.79. The summed E-state index contributed by atoms with van der Waals surface area (Å²) in [5.41, 5.74) is 2.07. The van der Waals surface area contributed by atoms with Gasteiger partial charge < -0.3 is 10.2 Å².